The largest absolute Gasteiger partial charge is 0.463 e. The first-order valence-corrected chi connectivity index (χ1v) is 13.9. The molecule has 2 aromatic heterocycles. The Hall–Kier alpha value is -3.74. The number of halogens is 2. The van der Waals surface area contributed by atoms with E-state index < -0.39 is 29.9 Å². The van der Waals surface area contributed by atoms with Crippen molar-refractivity contribution in [2.75, 3.05) is 20.2 Å². The second kappa shape index (κ2) is 11.0. The van der Waals surface area contributed by atoms with Crippen molar-refractivity contribution in [1.82, 2.24) is 19.4 Å². The van der Waals surface area contributed by atoms with Crippen LogP contribution in [0.2, 0.25) is 0 Å². The number of hydrogen-bond donors (Lipinski definition) is 1. The van der Waals surface area contributed by atoms with E-state index in [2.05, 4.69) is 10.1 Å². The average Bonchev–Trinajstić information content (AvgIpc) is 3.72. The molecule has 0 bridgehead atoms. The van der Waals surface area contributed by atoms with Gasteiger partial charge in [0.15, 0.2) is 6.10 Å². The zero-order chi connectivity index (χ0) is 27.8. The summed E-state index contributed by atoms with van der Waals surface area (Å²) in [5.41, 5.74) is 2.52. The van der Waals surface area contributed by atoms with Crippen molar-refractivity contribution in [3.05, 3.63) is 81.6 Å². The number of methoxy groups -OCH3 is 1. The van der Waals surface area contributed by atoms with Gasteiger partial charge >= 0.3 is 5.97 Å². The zero-order valence-corrected chi connectivity index (χ0v) is 22.5. The molecule has 12 heteroatoms. The van der Waals surface area contributed by atoms with Gasteiger partial charge < -0.3 is 19.2 Å². The van der Waals surface area contributed by atoms with Gasteiger partial charge in [-0.25, -0.2) is 23.5 Å². The Balaban J connectivity index is 1.08. The number of oxime groups is 1. The Labute approximate surface area is 232 Å². The monoisotopic (exact) mass is 567 g/mol. The second-order valence-electron chi connectivity index (χ2n) is 9.86. The minimum atomic E-state index is -0.821. The van der Waals surface area contributed by atoms with E-state index in [1.807, 2.05) is 34.5 Å². The molecule has 9 nitrogen and oxygen atoms in total. The molecule has 0 spiro atoms. The molecule has 0 saturated carbocycles. The fourth-order valence-corrected chi connectivity index (χ4v) is 6.34. The second-order valence-corrected chi connectivity index (χ2v) is 10.7. The molecule has 0 radical (unpaired) electrons. The summed E-state index contributed by atoms with van der Waals surface area (Å²) in [5.74, 6) is -1.49. The predicted molar refractivity (Wildman–Crippen MR) is 144 cm³/mol. The number of rotatable bonds is 7. The van der Waals surface area contributed by atoms with Gasteiger partial charge in [0.1, 0.15) is 23.6 Å². The van der Waals surface area contributed by atoms with E-state index in [0.717, 1.165) is 23.4 Å². The number of aliphatic hydroxyl groups is 1. The normalized spacial score (nSPS) is 19.0. The summed E-state index contributed by atoms with van der Waals surface area (Å²) < 4.78 is 35.0. The highest BCUT2D eigenvalue weighted by Crippen LogP contribution is 2.35. The van der Waals surface area contributed by atoms with Crippen LogP contribution in [0.4, 0.5) is 8.78 Å². The number of carbonyl (C=O) groups excluding carboxylic acids is 1. The van der Waals surface area contributed by atoms with Crippen LogP contribution >= 0.6 is 11.3 Å². The molecular formula is C28H27F2N5O4S. The first kappa shape index (κ1) is 26.5. The molecule has 208 valence electrons. The SMILES string of the molecule is COC(=O)c1nc2ccccc2n1CC(O)N1CCC(c2nc(C3=NOC(c4c(F)cccc4F)C3)cs2)CC1. The van der Waals surface area contributed by atoms with E-state index in [1.165, 1.54) is 36.6 Å². The highest BCUT2D eigenvalue weighted by Gasteiger charge is 2.32. The molecule has 1 N–H and O–H groups in total. The maximum absolute atomic E-state index is 14.2. The van der Waals surface area contributed by atoms with E-state index in [0.29, 0.717) is 30.0 Å². The number of thiazole rings is 1. The van der Waals surface area contributed by atoms with Crippen molar-refractivity contribution < 1.29 is 28.3 Å². The number of esters is 1. The van der Waals surface area contributed by atoms with Gasteiger partial charge in [-0.1, -0.05) is 23.4 Å². The quantitative estimate of drug-likeness (QED) is 0.325. The molecule has 4 heterocycles. The van der Waals surface area contributed by atoms with Crippen LogP contribution in [-0.2, 0) is 16.1 Å². The maximum Gasteiger partial charge on any atom is 0.374 e. The summed E-state index contributed by atoms with van der Waals surface area (Å²) in [6.45, 7) is 1.49. The molecule has 0 amide bonds. The minimum absolute atomic E-state index is 0.120. The molecule has 2 unspecified atom stereocenters. The number of fused-ring (bicyclic) bond motifs is 1. The Kier molecular flexibility index (Phi) is 7.30. The van der Waals surface area contributed by atoms with Crippen LogP contribution in [0.1, 0.15) is 58.2 Å². The number of imidazole rings is 1. The number of benzene rings is 2. The molecule has 1 saturated heterocycles. The highest BCUT2D eigenvalue weighted by molar-refractivity contribution is 7.10. The molecule has 2 aliphatic rings. The van der Waals surface area contributed by atoms with Gasteiger partial charge in [0.25, 0.3) is 0 Å². The lowest BCUT2D eigenvalue weighted by Gasteiger charge is -2.34. The van der Waals surface area contributed by atoms with Crippen molar-refractivity contribution in [3.8, 4) is 0 Å². The van der Waals surface area contributed by atoms with Crippen LogP contribution in [0.15, 0.2) is 53.0 Å². The number of piperidine rings is 1. The van der Waals surface area contributed by atoms with Gasteiger partial charge in [-0.05, 0) is 37.1 Å². The van der Waals surface area contributed by atoms with Gasteiger partial charge in [-0.15, -0.1) is 11.3 Å². The molecule has 4 aromatic rings. The van der Waals surface area contributed by atoms with Crippen LogP contribution in [0.3, 0.4) is 0 Å². The van der Waals surface area contributed by atoms with E-state index in [-0.39, 0.29) is 30.3 Å². The Morgan fingerprint density at radius 2 is 1.90 bits per heavy atom. The standard InChI is InChI=1S/C28H27F2N5O4S/c1-38-28(37)26-31-19-7-2-3-8-22(19)35(26)14-24(36)34-11-9-16(10-12-34)27-32-21(15-40-27)20-13-23(39-33-20)25-17(29)5-4-6-18(25)30/h2-8,15-16,23-24,36H,9-14H2,1H3. The summed E-state index contributed by atoms with van der Waals surface area (Å²) in [5, 5.41) is 18.0. The van der Waals surface area contributed by atoms with Crippen molar-refractivity contribution in [2.45, 2.75) is 44.1 Å². The first-order chi connectivity index (χ1) is 19.4. The van der Waals surface area contributed by atoms with Crippen LogP contribution in [0.25, 0.3) is 11.0 Å². The number of carbonyl (C=O) groups is 1. The fourth-order valence-electron chi connectivity index (χ4n) is 5.34. The molecule has 6 rings (SSSR count). The Bertz CT molecular complexity index is 1560. The molecular weight excluding hydrogens is 540 g/mol. The molecule has 40 heavy (non-hydrogen) atoms. The molecule has 1 fully saturated rings. The highest BCUT2D eigenvalue weighted by atomic mass is 32.1. The van der Waals surface area contributed by atoms with Gasteiger partial charge in [0, 0.05) is 30.8 Å². The topological polar surface area (TPSA) is 102 Å². The number of aromatic nitrogens is 3. The summed E-state index contributed by atoms with van der Waals surface area (Å²) in [4.78, 5) is 28.8. The number of ether oxygens (including phenoxy) is 1. The van der Waals surface area contributed by atoms with Crippen molar-refractivity contribution >= 4 is 34.1 Å². The van der Waals surface area contributed by atoms with E-state index in [4.69, 9.17) is 14.6 Å². The lowest BCUT2D eigenvalue weighted by Crippen LogP contribution is -2.43. The Morgan fingerprint density at radius 3 is 2.65 bits per heavy atom. The smallest absolute Gasteiger partial charge is 0.374 e. The lowest BCUT2D eigenvalue weighted by atomic mass is 9.97. The summed E-state index contributed by atoms with van der Waals surface area (Å²) in [6.07, 6.45) is 0.199. The number of nitrogens with zero attached hydrogens (tertiary/aromatic N) is 5. The van der Waals surface area contributed by atoms with E-state index in [1.54, 1.807) is 4.57 Å². The third-order valence-electron chi connectivity index (χ3n) is 7.48. The van der Waals surface area contributed by atoms with Crippen molar-refractivity contribution in [2.24, 2.45) is 5.16 Å². The van der Waals surface area contributed by atoms with Gasteiger partial charge in [0.2, 0.25) is 5.82 Å². The number of para-hydroxylation sites is 2. The summed E-state index contributed by atoms with van der Waals surface area (Å²) in [6, 6.07) is 11.1. The zero-order valence-electron chi connectivity index (χ0n) is 21.7. The third-order valence-corrected chi connectivity index (χ3v) is 8.48. The van der Waals surface area contributed by atoms with Crippen LogP contribution in [-0.4, -0.2) is 62.6 Å². The van der Waals surface area contributed by atoms with Crippen LogP contribution < -0.4 is 0 Å². The average molecular weight is 568 g/mol. The Morgan fingerprint density at radius 1 is 1.15 bits per heavy atom. The molecule has 2 aliphatic heterocycles. The van der Waals surface area contributed by atoms with Gasteiger partial charge in [-0.3, -0.25) is 4.90 Å². The first-order valence-electron chi connectivity index (χ1n) is 13.0. The minimum Gasteiger partial charge on any atom is -0.463 e. The van der Waals surface area contributed by atoms with E-state index in [9.17, 15) is 18.7 Å². The number of aliphatic hydroxyl groups excluding tert-OH is 1. The number of hydrogen-bond acceptors (Lipinski definition) is 9. The van der Waals surface area contributed by atoms with Crippen LogP contribution in [0.5, 0.6) is 0 Å². The lowest BCUT2D eigenvalue weighted by molar-refractivity contribution is -0.0220. The van der Waals surface area contributed by atoms with Crippen molar-refractivity contribution in [1.29, 1.82) is 0 Å². The molecule has 2 aromatic carbocycles. The third kappa shape index (κ3) is 4.98. The van der Waals surface area contributed by atoms with Gasteiger partial charge in [0.05, 0.1) is 41.0 Å². The summed E-state index contributed by atoms with van der Waals surface area (Å²) in [7, 11) is 1.31. The van der Waals surface area contributed by atoms with E-state index >= 15 is 0 Å². The van der Waals surface area contributed by atoms with Crippen LogP contribution in [0, 0.1) is 11.6 Å². The maximum atomic E-state index is 14.2. The molecule has 0 aliphatic carbocycles. The fraction of sp³-hybridized carbons (Fsp3) is 0.357. The number of likely N-dealkylation sites (tertiary alicyclic amines) is 1. The summed E-state index contributed by atoms with van der Waals surface area (Å²) >= 11 is 1.53. The van der Waals surface area contributed by atoms with Gasteiger partial charge in [-0.2, -0.15) is 0 Å². The predicted octanol–water partition coefficient (Wildman–Crippen LogP) is 4.62. The van der Waals surface area contributed by atoms with Crippen molar-refractivity contribution in [3.63, 3.8) is 0 Å². The molecule has 2 atom stereocenters.